The van der Waals surface area contributed by atoms with E-state index in [4.69, 9.17) is 20.9 Å². The van der Waals surface area contributed by atoms with Gasteiger partial charge in [-0.15, -0.1) is 6.42 Å². The van der Waals surface area contributed by atoms with E-state index in [-0.39, 0.29) is 29.7 Å². The van der Waals surface area contributed by atoms with Gasteiger partial charge in [0.25, 0.3) is 5.88 Å². The van der Waals surface area contributed by atoms with E-state index < -0.39 is 17.6 Å². The van der Waals surface area contributed by atoms with Crippen molar-refractivity contribution in [2.24, 2.45) is 0 Å². The molecule has 11 heteroatoms. The summed E-state index contributed by atoms with van der Waals surface area (Å²) in [6, 6.07) is 12.3. The van der Waals surface area contributed by atoms with Gasteiger partial charge >= 0.3 is 5.97 Å². The van der Waals surface area contributed by atoms with Crippen LogP contribution in [0.1, 0.15) is 33.7 Å². The Hall–Kier alpha value is -4.53. The van der Waals surface area contributed by atoms with Crippen LogP contribution in [0.3, 0.4) is 0 Å². The molecule has 42 heavy (non-hydrogen) atoms. The predicted octanol–water partition coefficient (Wildman–Crippen LogP) is 4.08. The highest BCUT2D eigenvalue weighted by Crippen LogP contribution is 2.25. The third-order valence-corrected chi connectivity index (χ3v) is 7.70. The Bertz CT molecular complexity index is 1670. The van der Waals surface area contributed by atoms with Crippen LogP contribution in [0.2, 0.25) is 0 Å². The van der Waals surface area contributed by atoms with Crippen LogP contribution < -0.4 is 9.64 Å². The van der Waals surface area contributed by atoms with Crippen molar-refractivity contribution in [2.75, 3.05) is 37.7 Å². The molecule has 2 aliphatic rings. The van der Waals surface area contributed by atoms with Gasteiger partial charge in [0.1, 0.15) is 24.1 Å². The molecule has 0 aliphatic carbocycles. The molecule has 4 heterocycles. The molecule has 216 valence electrons. The van der Waals surface area contributed by atoms with Gasteiger partial charge in [0.05, 0.1) is 35.8 Å². The average molecular weight is 574 g/mol. The number of piperazine rings is 1. The SMILES string of the molecule is C#Cc1ccc(COc2nc(N3CCN(Cc4nc5ccc(C(=O)O)cc5n4C[C@@H]4CCO4)CC3)ccc2F)c(F)c1. The van der Waals surface area contributed by atoms with Gasteiger partial charge in [-0.1, -0.05) is 12.0 Å². The number of hydrogen-bond acceptors (Lipinski definition) is 7. The summed E-state index contributed by atoms with van der Waals surface area (Å²) < 4.78 is 42.1. The van der Waals surface area contributed by atoms with E-state index in [9.17, 15) is 18.7 Å². The first-order valence-electron chi connectivity index (χ1n) is 13.7. The van der Waals surface area contributed by atoms with Gasteiger partial charge in [0.15, 0.2) is 5.82 Å². The summed E-state index contributed by atoms with van der Waals surface area (Å²) in [5.74, 6) is 1.49. The minimum absolute atomic E-state index is 0.0891. The molecule has 0 saturated carbocycles. The van der Waals surface area contributed by atoms with Crippen molar-refractivity contribution < 1.29 is 28.2 Å². The van der Waals surface area contributed by atoms with Crippen molar-refractivity contribution in [3.05, 3.63) is 82.7 Å². The molecule has 1 N–H and O–H groups in total. The fourth-order valence-electron chi connectivity index (χ4n) is 5.19. The number of rotatable bonds is 9. The first-order chi connectivity index (χ1) is 20.4. The fraction of sp³-hybridized carbons (Fsp3) is 0.323. The highest BCUT2D eigenvalue weighted by atomic mass is 19.1. The Morgan fingerprint density at radius 2 is 1.88 bits per heavy atom. The Balaban J connectivity index is 1.12. The Morgan fingerprint density at radius 3 is 2.57 bits per heavy atom. The number of aromatic carboxylic acids is 1. The van der Waals surface area contributed by atoms with Gasteiger partial charge in [0, 0.05) is 43.9 Å². The second-order valence-electron chi connectivity index (χ2n) is 10.4. The highest BCUT2D eigenvalue weighted by Gasteiger charge is 2.25. The van der Waals surface area contributed by atoms with Crippen LogP contribution in [0, 0.1) is 24.0 Å². The van der Waals surface area contributed by atoms with Crippen LogP contribution in [0.25, 0.3) is 11.0 Å². The van der Waals surface area contributed by atoms with E-state index in [1.807, 2.05) is 0 Å². The first-order valence-corrected chi connectivity index (χ1v) is 13.7. The zero-order valence-corrected chi connectivity index (χ0v) is 22.8. The number of anilines is 1. The van der Waals surface area contributed by atoms with E-state index in [0.717, 1.165) is 29.9 Å². The lowest BCUT2D eigenvalue weighted by Gasteiger charge is -2.35. The molecule has 1 atom stereocenters. The van der Waals surface area contributed by atoms with Crippen LogP contribution in [0.5, 0.6) is 5.88 Å². The topological polar surface area (TPSA) is 93.0 Å². The second-order valence-corrected chi connectivity index (χ2v) is 10.4. The summed E-state index contributed by atoms with van der Waals surface area (Å²) in [5.41, 5.74) is 2.43. The number of terminal acetylenes is 1. The van der Waals surface area contributed by atoms with Gasteiger partial charge in [0.2, 0.25) is 0 Å². The number of nitrogens with zero attached hydrogens (tertiary/aromatic N) is 5. The van der Waals surface area contributed by atoms with Crippen LogP contribution in [0.15, 0.2) is 48.5 Å². The van der Waals surface area contributed by atoms with E-state index in [1.54, 1.807) is 30.3 Å². The lowest BCUT2D eigenvalue weighted by Crippen LogP contribution is -2.46. The first kappa shape index (κ1) is 27.6. The molecule has 0 unspecified atom stereocenters. The minimum Gasteiger partial charge on any atom is -0.478 e. The van der Waals surface area contributed by atoms with Crippen molar-refractivity contribution >= 4 is 22.8 Å². The minimum atomic E-state index is -0.976. The van der Waals surface area contributed by atoms with E-state index in [2.05, 4.69) is 25.3 Å². The number of carboxylic acids is 1. The standard InChI is InChI=1S/C31H29F2N5O4/c1-2-20-3-4-22(25(33)15-20)19-42-30-24(32)6-8-28(35-30)37-12-10-36(11-13-37)18-29-34-26-7-5-21(31(39)40)16-27(26)38(29)17-23-9-14-41-23/h1,3-8,15-16,23H,9-14,17-19H2,(H,39,40)/t23-/m0/s1. The lowest BCUT2D eigenvalue weighted by atomic mass is 10.1. The van der Waals surface area contributed by atoms with Crippen molar-refractivity contribution in [3.63, 3.8) is 0 Å². The number of carbonyl (C=O) groups is 1. The number of imidazole rings is 1. The van der Waals surface area contributed by atoms with Crippen LogP contribution in [-0.2, 0) is 24.4 Å². The number of carboxylic acid groups (broad SMARTS) is 1. The smallest absolute Gasteiger partial charge is 0.335 e. The zero-order chi connectivity index (χ0) is 29.2. The molecule has 4 aromatic rings. The maximum Gasteiger partial charge on any atom is 0.335 e. The monoisotopic (exact) mass is 573 g/mol. The molecule has 0 radical (unpaired) electrons. The number of aromatic nitrogens is 3. The molecule has 6 rings (SSSR count). The van der Waals surface area contributed by atoms with E-state index in [0.29, 0.717) is 50.6 Å². The molecule has 0 amide bonds. The quantitative estimate of drug-likeness (QED) is 0.300. The highest BCUT2D eigenvalue weighted by molar-refractivity contribution is 5.92. The van der Waals surface area contributed by atoms with Gasteiger partial charge in [-0.25, -0.2) is 18.6 Å². The Labute approximate surface area is 241 Å². The molecule has 2 aromatic carbocycles. The van der Waals surface area contributed by atoms with Crippen LogP contribution in [0.4, 0.5) is 14.6 Å². The third kappa shape index (κ3) is 5.77. The summed E-state index contributed by atoms with van der Waals surface area (Å²) >= 11 is 0. The fourth-order valence-corrected chi connectivity index (χ4v) is 5.19. The van der Waals surface area contributed by atoms with Crippen molar-refractivity contribution in [1.29, 1.82) is 0 Å². The number of hydrogen-bond donors (Lipinski definition) is 1. The zero-order valence-electron chi connectivity index (χ0n) is 22.8. The van der Waals surface area contributed by atoms with Crippen LogP contribution in [-0.4, -0.2) is 69.4 Å². The molecule has 2 aliphatic heterocycles. The maximum absolute atomic E-state index is 14.5. The number of halogens is 2. The summed E-state index contributed by atoms with van der Waals surface area (Å²) in [5, 5.41) is 9.48. The van der Waals surface area contributed by atoms with Gasteiger partial charge < -0.3 is 24.0 Å². The Morgan fingerprint density at radius 1 is 1.07 bits per heavy atom. The molecular weight excluding hydrogens is 544 g/mol. The van der Waals surface area contributed by atoms with E-state index in [1.165, 1.54) is 18.2 Å². The second kappa shape index (κ2) is 11.8. The molecule has 9 nitrogen and oxygen atoms in total. The summed E-state index contributed by atoms with van der Waals surface area (Å²) in [7, 11) is 0. The number of pyridine rings is 1. The van der Waals surface area contributed by atoms with Crippen molar-refractivity contribution in [2.45, 2.75) is 32.2 Å². The maximum atomic E-state index is 14.5. The predicted molar refractivity (Wildman–Crippen MR) is 151 cm³/mol. The largest absolute Gasteiger partial charge is 0.478 e. The molecular formula is C31H29F2N5O4. The van der Waals surface area contributed by atoms with Gasteiger partial charge in [-0.2, -0.15) is 4.98 Å². The summed E-state index contributed by atoms with van der Waals surface area (Å²) in [6.45, 7) is 4.48. The molecule has 0 spiro atoms. The van der Waals surface area contributed by atoms with Gasteiger partial charge in [-0.05, 0) is 48.9 Å². The average Bonchev–Trinajstić information content (AvgIpc) is 3.31. The normalized spacial score (nSPS) is 17.2. The van der Waals surface area contributed by atoms with Gasteiger partial charge in [-0.3, -0.25) is 4.90 Å². The van der Waals surface area contributed by atoms with Crippen LogP contribution >= 0.6 is 0 Å². The number of fused-ring (bicyclic) bond motifs is 1. The number of ether oxygens (including phenoxy) is 2. The molecule has 2 aromatic heterocycles. The summed E-state index contributed by atoms with van der Waals surface area (Å²) in [4.78, 5) is 25.1. The Kier molecular flexibility index (Phi) is 7.73. The lowest BCUT2D eigenvalue weighted by molar-refractivity contribution is -0.0592. The molecule has 0 bridgehead atoms. The van der Waals surface area contributed by atoms with Crippen molar-refractivity contribution in [1.82, 2.24) is 19.4 Å². The molecule has 2 saturated heterocycles. The number of benzene rings is 2. The third-order valence-electron chi connectivity index (χ3n) is 7.70. The molecule has 2 fully saturated rings. The van der Waals surface area contributed by atoms with Crippen molar-refractivity contribution in [3.8, 4) is 18.2 Å². The summed E-state index contributed by atoms with van der Waals surface area (Å²) in [6.07, 6.45) is 6.35. The van der Waals surface area contributed by atoms with E-state index >= 15 is 0 Å².